The third kappa shape index (κ3) is 3.89. The fraction of sp³-hybridized carbons (Fsp3) is 0.174. The number of aromatic nitrogens is 3. The second-order valence-electron chi connectivity index (χ2n) is 6.55. The molecular formula is C23H21N3O2S. The highest BCUT2D eigenvalue weighted by Gasteiger charge is 2.15. The van der Waals surface area contributed by atoms with E-state index in [-0.39, 0.29) is 5.97 Å². The number of methoxy groups -OCH3 is 1. The molecule has 0 atom stereocenters. The minimum absolute atomic E-state index is 0.324. The van der Waals surface area contributed by atoms with Gasteiger partial charge in [-0.25, -0.2) is 4.79 Å². The van der Waals surface area contributed by atoms with Crippen molar-refractivity contribution in [3.8, 4) is 11.4 Å². The van der Waals surface area contributed by atoms with E-state index in [1.54, 1.807) is 23.9 Å². The lowest BCUT2D eigenvalue weighted by Crippen LogP contribution is -2.01. The topological polar surface area (TPSA) is 57.0 Å². The molecule has 0 saturated carbocycles. The van der Waals surface area contributed by atoms with E-state index in [9.17, 15) is 4.79 Å². The molecule has 0 aliphatic carbocycles. The lowest BCUT2D eigenvalue weighted by Gasteiger charge is -2.10. The second-order valence-corrected chi connectivity index (χ2v) is 7.50. The van der Waals surface area contributed by atoms with Crippen LogP contribution in [0.3, 0.4) is 0 Å². The molecular weight excluding hydrogens is 382 g/mol. The largest absolute Gasteiger partial charge is 0.465 e. The average Bonchev–Trinajstić information content (AvgIpc) is 3.19. The number of thioether (sulfide) groups is 1. The Morgan fingerprint density at radius 1 is 1.00 bits per heavy atom. The molecule has 0 amide bonds. The number of rotatable bonds is 6. The first-order chi connectivity index (χ1) is 14.2. The molecule has 3 aromatic carbocycles. The molecule has 1 aromatic heterocycles. The Morgan fingerprint density at radius 2 is 1.76 bits per heavy atom. The number of benzene rings is 3. The van der Waals surface area contributed by atoms with E-state index in [4.69, 9.17) is 4.74 Å². The number of hydrogen-bond donors (Lipinski definition) is 0. The van der Waals surface area contributed by atoms with Crippen LogP contribution in [-0.2, 0) is 17.0 Å². The minimum atomic E-state index is -0.324. The molecule has 0 saturated heterocycles. The number of nitrogens with zero attached hydrogens (tertiary/aromatic N) is 3. The highest BCUT2D eigenvalue weighted by atomic mass is 32.2. The molecule has 0 N–H and O–H groups in total. The van der Waals surface area contributed by atoms with Crippen LogP contribution in [0.2, 0.25) is 0 Å². The first-order valence-electron chi connectivity index (χ1n) is 9.42. The summed E-state index contributed by atoms with van der Waals surface area (Å²) in [7, 11) is 1.39. The molecule has 0 aliphatic heterocycles. The fourth-order valence-electron chi connectivity index (χ4n) is 3.30. The fourth-order valence-corrected chi connectivity index (χ4v) is 4.26. The monoisotopic (exact) mass is 403 g/mol. The molecule has 4 rings (SSSR count). The number of carbonyl (C=O) groups excluding carboxylic acids is 1. The van der Waals surface area contributed by atoms with E-state index in [1.807, 2.05) is 24.3 Å². The van der Waals surface area contributed by atoms with Gasteiger partial charge in [0.25, 0.3) is 0 Å². The van der Waals surface area contributed by atoms with Crippen LogP contribution in [0.5, 0.6) is 0 Å². The van der Waals surface area contributed by atoms with Gasteiger partial charge in [0.1, 0.15) is 0 Å². The molecule has 0 fully saturated rings. The van der Waals surface area contributed by atoms with Crippen LogP contribution in [-0.4, -0.2) is 27.8 Å². The Bertz CT molecular complexity index is 1150. The summed E-state index contributed by atoms with van der Waals surface area (Å²) >= 11 is 1.64. The number of carbonyl (C=O) groups is 1. The van der Waals surface area contributed by atoms with Gasteiger partial charge in [0, 0.05) is 17.9 Å². The molecule has 5 nitrogen and oxygen atoms in total. The van der Waals surface area contributed by atoms with Gasteiger partial charge in [0.05, 0.1) is 12.7 Å². The molecule has 29 heavy (non-hydrogen) atoms. The highest BCUT2D eigenvalue weighted by Crippen LogP contribution is 2.31. The van der Waals surface area contributed by atoms with Crippen molar-refractivity contribution < 1.29 is 9.53 Å². The summed E-state index contributed by atoms with van der Waals surface area (Å²) < 4.78 is 6.89. The van der Waals surface area contributed by atoms with Crippen molar-refractivity contribution >= 4 is 28.5 Å². The van der Waals surface area contributed by atoms with E-state index in [2.05, 4.69) is 52.0 Å². The molecule has 0 aliphatic rings. The standard InChI is InChI=1S/C23H21N3O2S/c1-3-26-21(20-10-6-8-17-7-4-5-9-19(17)20)24-25-23(26)29-15-16-11-13-18(14-12-16)22(27)28-2/h4-14H,3,15H2,1-2H3. The van der Waals surface area contributed by atoms with Crippen LogP contribution in [0.15, 0.2) is 71.9 Å². The van der Waals surface area contributed by atoms with Gasteiger partial charge in [-0.05, 0) is 35.4 Å². The van der Waals surface area contributed by atoms with E-state index in [0.29, 0.717) is 5.56 Å². The zero-order valence-electron chi connectivity index (χ0n) is 16.3. The molecule has 1 heterocycles. The summed E-state index contributed by atoms with van der Waals surface area (Å²) in [6, 6.07) is 22.0. The number of fused-ring (bicyclic) bond motifs is 1. The predicted octanol–water partition coefficient (Wildman–Crippen LogP) is 5.20. The summed E-state index contributed by atoms with van der Waals surface area (Å²) in [5.41, 5.74) is 2.75. The zero-order chi connectivity index (χ0) is 20.2. The molecule has 0 unspecified atom stereocenters. The first kappa shape index (κ1) is 19.2. The van der Waals surface area contributed by atoms with Gasteiger partial charge in [0.15, 0.2) is 11.0 Å². The first-order valence-corrected chi connectivity index (χ1v) is 10.4. The highest BCUT2D eigenvalue weighted by molar-refractivity contribution is 7.98. The number of hydrogen-bond acceptors (Lipinski definition) is 5. The van der Waals surface area contributed by atoms with Crippen molar-refractivity contribution in [1.82, 2.24) is 14.8 Å². The van der Waals surface area contributed by atoms with Crippen LogP contribution in [0.25, 0.3) is 22.2 Å². The molecule has 0 spiro atoms. The Morgan fingerprint density at radius 3 is 2.52 bits per heavy atom. The second kappa shape index (κ2) is 8.49. The van der Waals surface area contributed by atoms with E-state index >= 15 is 0 Å². The quantitative estimate of drug-likeness (QED) is 0.327. The van der Waals surface area contributed by atoms with Crippen molar-refractivity contribution in [3.63, 3.8) is 0 Å². The van der Waals surface area contributed by atoms with Crippen molar-refractivity contribution in [1.29, 1.82) is 0 Å². The average molecular weight is 404 g/mol. The summed E-state index contributed by atoms with van der Waals surface area (Å²) in [6.07, 6.45) is 0. The maximum absolute atomic E-state index is 11.6. The zero-order valence-corrected chi connectivity index (χ0v) is 17.1. The minimum Gasteiger partial charge on any atom is -0.465 e. The van der Waals surface area contributed by atoms with E-state index in [1.165, 1.54) is 17.9 Å². The lowest BCUT2D eigenvalue weighted by molar-refractivity contribution is 0.0600. The van der Waals surface area contributed by atoms with Crippen LogP contribution in [0.4, 0.5) is 0 Å². The van der Waals surface area contributed by atoms with Gasteiger partial charge in [-0.15, -0.1) is 10.2 Å². The normalized spacial score (nSPS) is 11.0. The van der Waals surface area contributed by atoms with Crippen molar-refractivity contribution in [3.05, 3.63) is 77.9 Å². The summed E-state index contributed by atoms with van der Waals surface area (Å²) in [5.74, 6) is 1.30. The van der Waals surface area contributed by atoms with Crippen LogP contribution in [0.1, 0.15) is 22.8 Å². The summed E-state index contributed by atoms with van der Waals surface area (Å²) in [5, 5.41) is 12.2. The summed E-state index contributed by atoms with van der Waals surface area (Å²) in [4.78, 5) is 11.6. The van der Waals surface area contributed by atoms with Gasteiger partial charge in [-0.3, -0.25) is 0 Å². The Balaban J connectivity index is 1.59. The van der Waals surface area contributed by atoms with E-state index < -0.39 is 0 Å². The SMILES string of the molecule is CCn1c(SCc2ccc(C(=O)OC)cc2)nnc1-c1cccc2ccccc12. The Labute approximate surface area is 173 Å². The van der Waals surface area contributed by atoms with Crippen molar-refractivity contribution in [2.75, 3.05) is 7.11 Å². The smallest absolute Gasteiger partial charge is 0.337 e. The Hall–Kier alpha value is -3.12. The van der Waals surface area contributed by atoms with Crippen molar-refractivity contribution in [2.24, 2.45) is 0 Å². The van der Waals surface area contributed by atoms with Gasteiger partial charge in [-0.2, -0.15) is 0 Å². The molecule has 6 heteroatoms. The van der Waals surface area contributed by atoms with Gasteiger partial charge >= 0.3 is 5.97 Å². The number of ether oxygens (including phenoxy) is 1. The van der Waals surface area contributed by atoms with Crippen LogP contribution >= 0.6 is 11.8 Å². The van der Waals surface area contributed by atoms with Crippen molar-refractivity contribution in [2.45, 2.75) is 24.4 Å². The van der Waals surface area contributed by atoms with Crippen LogP contribution in [0, 0.1) is 0 Å². The predicted molar refractivity (Wildman–Crippen MR) is 116 cm³/mol. The lowest BCUT2D eigenvalue weighted by atomic mass is 10.0. The van der Waals surface area contributed by atoms with Gasteiger partial charge < -0.3 is 9.30 Å². The third-order valence-electron chi connectivity index (χ3n) is 4.81. The number of esters is 1. The summed E-state index contributed by atoms with van der Waals surface area (Å²) in [6.45, 7) is 2.89. The van der Waals surface area contributed by atoms with Gasteiger partial charge in [-0.1, -0.05) is 66.4 Å². The maximum Gasteiger partial charge on any atom is 0.337 e. The molecule has 146 valence electrons. The Kier molecular flexibility index (Phi) is 5.62. The third-order valence-corrected chi connectivity index (χ3v) is 5.84. The molecule has 4 aromatic rings. The van der Waals surface area contributed by atoms with E-state index in [0.717, 1.165) is 34.4 Å². The maximum atomic E-state index is 11.6. The van der Waals surface area contributed by atoms with Gasteiger partial charge in [0.2, 0.25) is 0 Å². The van der Waals surface area contributed by atoms with Crippen LogP contribution < -0.4 is 0 Å². The molecule has 0 bridgehead atoms. The molecule has 0 radical (unpaired) electrons.